The molecular weight excluding hydrogens is 462 g/mol. The Kier molecular flexibility index (Phi) is 10.6. The minimum Gasteiger partial charge on any atom is -0.481 e. The highest BCUT2D eigenvalue weighted by Crippen LogP contribution is 2.28. The number of ether oxygens (including phenoxy) is 1. The molecule has 0 amide bonds. The molecule has 5 nitrogen and oxygen atoms in total. The monoisotopic (exact) mass is 501 g/mol. The van der Waals surface area contributed by atoms with E-state index in [-0.39, 0.29) is 19.1 Å². The summed E-state index contributed by atoms with van der Waals surface area (Å²) in [6.45, 7) is 8.04. The zero-order valence-electron chi connectivity index (χ0n) is 21.3. The molecule has 3 rings (SSSR count). The molecule has 2 N–H and O–H groups in total. The van der Waals surface area contributed by atoms with Gasteiger partial charge in [-0.15, -0.1) is 0 Å². The van der Waals surface area contributed by atoms with Gasteiger partial charge in [-0.05, 0) is 80.3 Å². The number of carboxylic acids is 1. The van der Waals surface area contributed by atoms with Gasteiger partial charge >= 0.3 is 5.97 Å². The second-order valence-corrected chi connectivity index (χ2v) is 10.2. The molecule has 0 aromatic heterocycles. The predicted molar refractivity (Wildman–Crippen MR) is 141 cm³/mol. The van der Waals surface area contributed by atoms with E-state index in [1.165, 1.54) is 11.1 Å². The zero-order chi connectivity index (χ0) is 25.4. The minimum absolute atomic E-state index is 0.0965. The van der Waals surface area contributed by atoms with E-state index in [1.54, 1.807) is 0 Å². The van der Waals surface area contributed by atoms with Crippen LogP contribution in [0.5, 0.6) is 0 Å². The number of nitrogens with zero attached hydrogens (tertiary/aromatic N) is 1. The fourth-order valence-electron chi connectivity index (χ4n) is 5.15. The van der Waals surface area contributed by atoms with E-state index in [1.807, 2.05) is 25.1 Å². The van der Waals surface area contributed by atoms with Gasteiger partial charge in [0.1, 0.15) is 0 Å². The number of aliphatic carboxylic acids is 1. The standard InChI is InChI=1S/C29H40ClNO4/c1-4-22-16-21(9-12-27(22)30)17-24-7-6-14-31(24)18-25(32)19-35-28(5-2)26-11-8-20(3)15-23(26)10-13-29(33)34/h8-9,11-12,15-16,24-25,28,32H,4-7,10,13-14,17-19H2,1-3H3,(H,33,34)/t24-,25+,28+/m0/s1. The van der Waals surface area contributed by atoms with Crippen LogP contribution in [-0.2, 0) is 28.8 Å². The lowest BCUT2D eigenvalue weighted by atomic mass is 9.95. The van der Waals surface area contributed by atoms with Gasteiger partial charge in [0.05, 0.1) is 18.8 Å². The Bertz CT molecular complexity index is 979. The van der Waals surface area contributed by atoms with E-state index < -0.39 is 12.1 Å². The van der Waals surface area contributed by atoms with E-state index in [9.17, 15) is 9.90 Å². The van der Waals surface area contributed by atoms with Crippen LogP contribution in [0.2, 0.25) is 5.02 Å². The number of benzene rings is 2. The molecule has 1 fully saturated rings. The number of rotatable bonds is 13. The number of aliphatic hydroxyl groups excluding tert-OH is 1. The van der Waals surface area contributed by atoms with Gasteiger partial charge < -0.3 is 14.9 Å². The maximum atomic E-state index is 11.1. The van der Waals surface area contributed by atoms with Gasteiger partial charge in [0.25, 0.3) is 0 Å². The molecule has 0 bridgehead atoms. The summed E-state index contributed by atoms with van der Waals surface area (Å²) < 4.78 is 6.19. The van der Waals surface area contributed by atoms with Crippen LogP contribution in [0.3, 0.4) is 0 Å². The number of carboxylic acid groups (broad SMARTS) is 1. The third-order valence-corrected chi connectivity index (χ3v) is 7.39. The number of hydrogen-bond acceptors (Lipinski definition) is 4. The summed E-state index contributed by atoms with van der Waals surface area (Å²) in [5.74, 6) is -0.800. The molecule has 3 atom stereocenters. The molecule has 1 saturated heterocycles. The van der Waals surface area contributed by atoms with E-state index in [0.29, 0.717) is 19.0 Å². The highest BCUT2D eigenvalue weighted by Gasteiger charge is 2.27. The van der Waals surface area contributed by atoms with Crippen molar-refractivity contribution in [2.24, 2.45) is 0 Å². The van der Waals surface area contributed by atoms with Gasteiger partial charge in [0, 0.05) is 24.0 Å². The van der Waals surface area contributed by atoms with Crippen LogP contribution in [0.25, 0.3) is 0 Å². The summed E-state index contributed by atoms with van der Waals surface area (Å²) in [6, 6.07) is 12.9. The normalized spacial score (nSPS) is 18.0. The number of likely N-dealkylation sites (tertiary alicyclic amines) is 1. The Morgan fingerprint density at radius 3 is 2.71 bits per heavy atom. The van der Waals surface area contributed by atoms with Gasteiger partial charge in [-0.25, -0.2) is 0 Å². The topological polar surface area (TPSA) is 70.0 Å². The molecule has 1 heterocycles. The third-order valence-electron chi connectivity index (χ3n) is 7.02. The number of halogens is 1. The zero-order valence-corrected chi connectivity index (χ0v) is 22.1. The van der Waals surface area contributed by atoms with Crippen molar-refractivity contribution in [1.82, 2.24) is 4.90 Å². The minimum atomic E-state index is -0.800. The van der Waals surface area contributed by atoms with Crippen molar-refractivity contribution >= 4 is 17.6 Å². The molecular formula is C29H40ClNO4. The highest BCUT2D eigenvalue weighted by molar-refractivity contribution is 6.31. The number of β-amino-alcohol motifs (C(OH)–C–C–N with tert-alkyl or cyclic N) is 1. The molecule has 192 valence electrons. The molecule has 0 spiro atoms. The molecule has 6 heteroatoms. The van der Waals surface area contributed by atoms with Crippen LogP contribution < -0.4 is 0 Å². The molecule has 0 aliphatic carbocycles. The number of hydrogen-bond donors (Lipinski definition) is 2. The first kappa shape index (κ1) is 27.7. The van der Waals surface area contributed by atoms with Crippen molar-refractivity contribution in [2.75, 3.05) is 19.7 Å². The van der Waals surface area contributed by atoms with Gasteiger partial charge in [0.15, 0.2) is 0 Å². The average Bonchev–Trinajstić information content (AvgIpc) is 3.26. The molecule has 0 saturated carbocycles. The molecule has 0 unspecified atom stereocenters. The van der Waals surface area contributed by atoms with Crippen LogP contribution in [-0.4, -0.2) is 52.9 Å². The quantitative estimate of drug-likeness (QED) is 0.365. The van der Waals surface area contributed by atoms with Crippen LogP contribution in [0.1, 0.15) is 73.5 Å². The lowest BCUT2D eigenvalue weighted by Crippen LogP contribution is -2.39. The predicted octanol–water partition coefficient (Wildman–Crippen LogP) is 5.76. The van der Waals surface area contributed by atoms with Crippen molar-refractivity contribution < 1.29 is 19.7 Å². The van der Waals surface area contributed by atoms with Crippen molar-refractivity contribution in [2.45, 2.75) is 84.0 Å². The number of aliphatic hydroxyl groups is 1. The van der Waals surface area contributed by atoms with E-state index >= 15 is 0 Å². The first-order valence-electron chi connectivity index (χ1n) is 12.9. The van der Waals surface area contributed by atoms with Crippen molar-refractivity contribution in [3.8, 4) is 0 Å². The smallest absolute Gasteiger partial charge is 0.303 e. The van der Waals surface area contributed by atoms with Gasteiger partial charge in [-0.2, -0.15) is 0 Å². The first-order valence-corrected chi connectivity index (χ1v) is 13.3. The summed E-state index contributed by atoms with van der Waals surface area (Å²) in [6.07, 6.45) is 4.76. The second-order valence-electron chi connectivity index (χ2n) is 9.75. The van der Waals surface area contributed by atoms with E-state index in [2.05, 4.69) is 36.9 Å². The van der Waals surface area contributed by atoms with Crippen LogP contribution >= 0.6 is 11.6 Å². The van der Waals surface area contributed by atoms with Crippen molar-refractivity contribution in [3.05, 3.63) is 69.2 Å². The maximum absolute atomic E-state index is 11.1. The summed E-state index contributed by atoms with van der Waals surface area (Å²) >= 11 is 6.29. The first-order chi connectivity index (χ1) is 16.8. The highest BCUT2D eigenvalue weighted by atomic mass is 35.5. The van der Waals surface area contributed by atoms with Gasteiger partial charge in [-0.3, -0.25) is 9.69 Å². The Morgan fingerprint density at radius 1 is 1.20 bits per heavy atom. The van der Waals surface area contributed by atoms with E-state index in [4.69, 9.17) is 21.4 Å². The second kappa shape index (κ2) is 13.4. The summed E-state index contributed by atoms with van der Waals surface area (Å²) in [7, 11) is 0. The lowest BCUT2D eigenvalue weighted by Gasteiger charge is -2.28. The number of carbonyl (C=O) groups is 1. The van der Waals surface area contributed by atoms with Gasteiger partial charge in [0.2, 0.25) is 0 Å². The maximum Gasteiger partial charge on any atom is 0.303 e. The lowest BCUT2D eigenvalue weighted by molar-refractivity contribution is -0.136. The Balaban J connectivity index is 1.57. The molecule has 35 heavy (non-hydrogen) atoms. The van der Waals surface area contributed by atoms with Crippen molar-refractivity contribution in [3.63, 3.8) is 0 Å². The van der Waals surface area contributed by atoms with Crippen LogP contribution in [0, 0.1) is 6.92 Å². The molecule has 1 aliphatic heterocycles. The van der Waals surface area contributed by atoms with Gasteiger partial charge in [-0.1, -0.05) is 61.3 Å². The van der Waals surface area contributed by atoms with Crippen LogP contribution in [0.4, 0.5) is 0 Å². The largest absolute Gasteiger partial charge is 0.481 e. The van der Waals surface area contributed by atoms with E-state index in [0.717, 1.165) is 60.4 Å². The fourth-order valence-corrected chi connectivity index (χ4v) is 5.40. The summed E-state index contributed by atoms with van der Waals surface area (Å²) in [5.41, 5.74) is 5.64. The Hall–Kier alpha value is -1.92. The Labute approximate surface area is 215 Å². The average molecular weight is 502 g/mol. The molecule has 0 radical (unpaired) electrons. The molecule has 1 aliphatic rings. The summed E-state index contributed by atoms with van der Waals surface area (Å²) in [4.78, 5) is 13.5. The molecule has 2 aromatic carbocycles. The molecule has 2 aromatic rings. The number of aryl methyl sites for hydroxylation is 3. The Morgan fingerprint density at radius 2 is 2.00 bits per heavy atom. The summed E-state index contributed by atoms with van der Waals surface area (Å²) in [5, 5.41) is 20.8. The third kappa shape index (κ3) is 8.04. The van der Waals surface area contributed by atoms with Crippen LogP contribution in [0.15, 0.2) is 36.4 Å². The van der Waals surface area contributed by atoms with Crippen molar-refractivity contribution in [1.29, 1.82) is 0 Å². The fraction of sp³-hybridized carbons (Fsp3) is 0.552. The SMILES string of the molecule is CCc1cc(C[C@@H]2CCCN2C[C@@H](O)CO[C@H](CC)c2ccc(C)cc2CCC(=O)O)ccc1Cl.